The number of nitrogens with zero attached hydrogens (tertiary/aromatic N) is 1. The Morgan fingerprint density at radius 1 is 1.44 bits per heavy atom. The average Bonchev–Trinajstić information content (AvgIpc) is 2.67. The normalized spacial score (nSPS) is 11.1. The number of hydrogen-bond donors (Lipinski definition) is 4. The van der Waals surface area contributed by atoms with E-state index in [0.717, 1.165) is 18.5 Å². The van der Waals surface area contributed by atoms with Crippen LogP contribution in [0, 0.1) is 0 Å². The molecular formula is C9H14N2O5. The van der Waals surface area contributed by atoms with E-state index < -0.39 is 11.9 Å². The minimum Gasteiger partial charge on any atom is -0.473 e. The average molecular weight is 230 g/mol. The number of aliphatic hydroxyl groups is 1. The molecule has 1 aromatic rings. The van der Waals surface area contributed by atoms with Crippen molar-refractivity contribution in [3.05, 3.63) is 18.2 Å². The number of carbonyl (C=O) groups is 2. The van der Waals surface area contributed by atoms with Crippen molar-refractivity contribution in [1.82, 2.24) is 9.97 Å². The van der Waals surface area contributed by atoms with Gasteiger partial charge >= 0.3 is 11.9 Å². The van der Waals surface area contributed by atoms with Gasteiger partial charge in [-0.3, -0.25) is 0 Å². The maximum absolute atomic E-state index is 9.10. The van der Waals surface area contributed by atoms with Crippen LogP contribution in [0.2, 0.25) is 0 Å². The standard InChI is InChI=1S/C7H12N2O.C2H2O4/c1-6(10)2-3-7-4-8-5-9-7;3-1(4)2(5)6/h4-6,10H,2-3H2,1H3,(H,8,9);(H,3,4)(H,5,6). The zero-order valence-corrected chi connectivity index (χ0v) is 8.75. The van der Waals surface area contributed by atoms with Crippen LogP contribution >= 0.6 is 0 Å². The number of aromatic amines is 1. The topological polar surface area (TPSA) is 124 Å². The van der Waals surface area contributed by atoms with Gasteiger partial charge in [0.15, 0.2) is 0 Å². The van der Waals surface area contributed by atoms with Gasteiger partial charge in [-0.25, -0.2) is 14.6 Å². The second-order valence-corrected chi connectivity index (χ2v) is 3.06. The molecule has 1 atom stereocenters. The van der Waals surface area contributed by atoms with E-state index in [0.29, 0.717) is 0 Å². The van der Waals surface area contributed by atoms with Crippen molar-refractivity contribution in [3.8, 4) is 0 Å². The van der Waals surface area contributed by atoms with Crippen molar-refractivity contribution in [1.29, 1.82) is 0 Å². The quantitative estimate of drug-likeness (QED) is 0.536. The van der Waals surface area contributed by atoms with Gasteiger partial charge in [0.25, 0.3) is 0 Å². The molecule has 16 heavy (non-hydrogen) atoms. The molecule has 90 valence electrons. The van der Waals surface area contributed by atoms with Gasteiger partial charge in [0, 0.05) is 6.20 Å². The van der Waals surface area contributed by atoms with Crippen molar-refractivity contribution in [3.63, 3.8) is 0 Å². The Kier molecular flexibility index (Phi) is 6.53. The Morgan fingerprint density at radius 2 is 2.00 bits per heavy atom. The molecule has 0 spiro atoms. The number of carboxylic acids is 2. The smallest absolute Gasteiger partial charge is 0.414 e. The second kappa shape index (κ2) is 7.41. The van der Waals surface area contributed by atoms with Gasteiger partial charge in [-0.05, 0) is 19.8 Å². The van der Waals surface area contributed by atoms with Gasteiger partial charge in [0.2, 0.25) is 0 Å². The largest absolute Gasteiger partial charge is 0.473 e. The molecule has 0 saturated carbocycles. The Labute approximate surface area is 91.8 Å². The summed E-state index contributed by atoms with van der Waals surface area (Å²) in [4.78, 5) is 25.1. The predicted molar refractivity (Wildman–Crippen MR) is 53.9 cm³/mol. The lowest BCUT2D eigenvalue weighted by atomic mass is 10.2. The highest BCUT2D eigenvalue weighted by atomic mass is 16.4. The van der Waals surface area contributed by atoms with Crippen LogP contribution in [0.1, 0.15) is 19.0 Å². The summed E-state index contributed by atoms with van der Waals surface area (Å²) in [5, 5.41) is 23.7. The Morgan fingerprint density at radius 3 is 2.31 bits per heavy atom. The zero-order valence-electron chi connectivity index (χ0n) is 8.75. The van der Waals surface area contributed by atoms with Crippen molar-refractivity contribution >= 4 is 11.9 Å². The number of H-pyrrole nitrogens is 1. The summed E-state index contributed by atoms with van der Waals surface area (Å²) in [6.45, 7) is 1.78. The van der Waals surface area contributed by atoms with E-state index in [1.165, 1.54) is 0 Å². The summed E-state index contributed by atoms with van der Waals surface area (Å²) in [6.07, 6.45) is 4.91. The van der Waals surface area contributed by atoms with E-state index in [1.807, 2.05) is 6.20 Å². The number of aliphatic hydroxyl groups excluding tert-OH is 1. The summed E-state index contributed by atoms with van der Waals surface area (Å²) >= 11 is 0. The lowest BCUT2D eigenvalue weighted by molar-refractivity contribution is -0.159. The molecule has 0 fully saturated rings. The molecule has 0 aliphatic carbocycles. The van der Waals surface area contributed by atoms with Crippen LogP contribution < -0.4 is 0 Å². The minimum atomic E-state index is -1.82. The molecule has 7 heteroatoms. The fourth-order valence-corrected chi connectivity index (χ4v) is 0.784. The van der Waals surface area contributed by atoms with Crippen molar-refractivity contribution in [2.45, 2.75) is 25.9 Å². The molecule has 7 nitrogen and oxygen atoms in total. The van der Waals surface area contributed by atoms with Crippen LogP contribution in [0.15, 0.2) is 12.5 Å². The van der Waals surface area contributed by atoms with Crippen molar-refractivity contribution < 1.29 is 24.9 Å². The van der Waals surface area contributed by atoms with Crippen molar-refractivity contribution in [2.24, 2.45) is 0 Å². The first kappa shape index (κ1) is 14.1. The van der Waals surface area contributed by atoms with E-state index in [1.54, 1.807) is 13.3 Å². The van der Waals surface area contributed by atoms with E-state index in [9.17, 15) is 0 Å². The highest BCUT2D eigenvalue weighted by molar-refractivity contribution is 6.27. The van der Waals surface area contributed by atoms with E-state index in [2.05, 4.69) is 9.97 Å². The number of rotatable bonds is 3. The minimum absolute atomic E-state index is 0.225. The van der Waals surface area contributed by atoms with Gasteiger partial charge in [-0.1, -0.05) is 0 Å². The molecule has 1 heterocycles. The number of nitrogens with one attached hydrogen (secondary N) is 1. The number of aryl methyl sites for hydroxylation is 1. The molecular weight excluding hydrogens is 216 g/mol. The molecule has 0 radical (unpaired) electrons. The first-order valence-corrected chi connectivity index (χ1v) is 4.55. The van der Waals surface area contributed by atoms with Crippen molar-refractivity contribution in [2.75, 3.05) is 0 Å². The highest BCUT2D eigenvalue weighted by Gasteiger charge is 2.04. The lowest BCUT2D eigenvalue weighted by Crippen LogP contribution is -2.09. The van der Waals surface area contributed by atoms with Gasteiger partial charge < -0.3 is 20.3 Å². The third kappa shape index (κ3) is 7.51. The maximum Gasteiger partial charge on any atom is 0.414 e. The maximum atomic E-state index is 9.10. The predicted octanol–water partition coefficient (Wildman–Crippen LogP) is -0.121. The van der Waals surface area contributed by atoms with E-state index in [-0.39, 0.29) is 6.10 Å². The summed E-state index contributed by atoms with van der Waals surface area (Å²) in [5.74, 6) is -3.65. The lowest BCUT2D eigenvalue weighted by Gasteiger charge is -1.99. The fourth-order valence-electron chi connectivity index (χ4n) is 0.784. The Bertz CT molecular complexity index is 309. The zero-order chi connectivity index (χ0) is 12.6. The van der Waals surface area contributed by atoms with Crippen LogP contribution in [0.5, 0.6) is 0 Å². The number of hydrogen-bond acceptors (Lipinski definition) is 4. The second-order valence-electron chi connectivity index (χ2n) is 3.06. The van der Waals surface area contributed by atoms with Gasteiger partial charge in [-0.2, -0.15) is 0 Å². The number of carboxylic acid groups (broad SMARTS) is 2. The first-order valence-electron chi connectivity index (χ1n) is 4.55. The molecule has 0 bridgehead atoms. The van der Waals surface area contributed by atoms with Crippen LogP contribution in [-0.4, -0.2) is 43.3 Å². The summed E-state index contributed by atoms with van der Waals surface area (Å²) < 4.78 is 0. The van der Waals surface area contributed by atoms with E-state index in [4.69, 9.17) is 24.9 Å². The molecule has 0 aliphatic rings. The summed E-state index contributed by atoms with van der Waals surface area (Å²) in [6, 6.07) is 0. The van der Waals surface area contributed by atoms with Crippen LogP contribution in [0.25, 0.3) is 0 Å². The molecule has 0 amide bonds. The Hall–Kier alpha value is -1.89. The fraction of sp³-hybridized carbons (Fsp3) is 0.444. The van der Waals surface area contributed by atoms with Gasteiger partial charge in [0.05, 0.1) is 18.1 Å². The molecule has 1 aromatic heterocycles. The molecule has 0 aromatic carbocycles. The van der Waals surface area contributed by atoms with E-state index >= 15 is 0 Å². The number of aliphatic carboxylic acids is 2. The third-order valence-electron chi connectivity index (χ3n) is 1.56. The summed E-state index contributed by atoms with van der Waals surface area (Å²) in [7, 11) is 0. The number of aromatic nitrogens is 2. The van der Waals surface area contributed by atoms with Crippen LogP contribution in [0.3, 0.4) is 0 Å². The van der Waals surface area contributed by atoms with Crippen LogP contribution in [0.4, 0.5) is 0 Å². The monoisotopic (exact) mass is 230 g/mol. The SMILES string of the molecule is CC(O)CCc1c[nH]cn1.O=C(O)C(=O)O. The number of imidazole rings is 1. The van der Waals surface area contributed by atoms with Crippen LogP contribution in [-0.2, 0) is 16.0 Å². The molecule has 1 unspecified atom stereocenters. The third-order valence-corrected chi connectivity index (χ3v) is 1.56. The molecule has 1 rings (SSSR count). The first-order chi connectivity index (χ1) is 7.43. The Balaban J connectivity index is 0.000000325. The highest BCUT2D eigenvalue weighted by Crippen LogP contribution is 1.99. The van der Waals surface area contributed by atoms with Gasteiger partial charge in [-0.15, -0.1) is 0 Å². The molecule has 0 aliphatic heterocycles. The summed E-state index contributed by atoms with van der Waals surface area (Å²) in [5.41, 5.74) is 1.01. The van der Waals surface area contributed by atoms with Gasteiger partial charge in [0.1, 0.15) is 0 Å². The molecule has 0 saturated heterocycles. The molecule has 4 N–H and O–H groups in total.